The summed E-state index contributed by atoms with van der Waals surface area (Å²) in [6.07, 6.45) is 0. The average molecular weight is 257 g/mol. The van der Waals surface area contributed by atoms with Gasteiger partial charge in [-0.15, -0.1) is 24.2 Å². The quantitative estimate of drug-likeness (QED) is 0.620. The number of amides is 1. The molecule has 0 rings (SSSR count). The molecular formula is C8H17ClN2O3S. The second kappa shape index (κ2) is 6.92. The highest BCUT2D eigenvalue weighted by Gasteiger charge is 2.32. The highest BCUT2D eigenvalue weighted by Crippen LogP contribution is 2.26. The third-order valence-electron chi connectivity index (χ3n) is 1.78. The Balaban J connectivity index is 0. The number of nitrogens with one attached hydrogen (secondary N) is 1. The van der Waals surface area contributed by atoms with Crippen LogP contribution in [0.4, 0.5) is 0 Å². The van der Waals surface area contributed by atoms with Gasteiger partial charge in [-0.3, -0.25) is 9.59 Å². The molecule has 0 heterocycles. The van der Waals surface area contributed by atoms with Crippen molar-refractivity contribution in [1.29, 1.82) is 0 Å². The highest BCUT2D eigenvalue weighted by atomic mass is 35.5. The summed E-state index contributed by atoms with van der Waals surface area (Å²) in [7, 11) is 0. The van der Waals surface area contributed by atoms with Gasteiger partial charge in [-0.1, -0.05) is 0 Å². The molecule has 1 amide bonds. The van der Waals surface area contributed by atoms with Crippen LogP contribution in [0, 0.1) is 0 Å². The van der Waals surface area contributed by atoms with E-state index in [9.17, 15) is 9.59 Å². The number of aliphatic carboxylic acids is 1. The molecule has 0 radical (unpaired) electrons. The van der Waals surface area contributed by atoms with Gasteiger partial charge in [-0.2, -0.15) is 0 Å². The number of halogens is 1. The zero-order valence-corrected chi connectivity index (χ0v) is 10.6. The summed E-state index contributed by atoms with van der Waals surface area (Å²) in [5, 5.41) is 11.3. The molecular weight excluding hydrogens is 240 g/mol. The van der Waals surface area contributed by atoms with Crippen molar-refractivity contribution in [3.8, 4) is 0 Å². The minimum Gasteiger partial charge on any atom is -0.480 e. The first-order valence-corrected chi connectivity index (χ1v) is 5.12. The van der Waals surface area contributed by atoms with Gasteiger partial charge in [0.05, 0.1) is 5.88 Å². The van der Waals surface area contributed by atoms with Crippen LogP contribution in [0.15, 0.2) is 0 Å². The summed E-state index contributed by atoms with van der Waals surface area (Å²) < 4.78 is -0.603. The molecule has 0 aliphatic heterocycles. The van der Waals surface area contributed by atoms with E-state index in [1.807, 2.05) is 0 Å². The predicted molar refractivity (Wildman–Crippen MR) is 63.2 cm³/mol. The van der Waals surface area contributed by atoms with Gasteiger partial charge in [-0.25, -0.2) is 0 Å². The third kappa shape index (κ3) is 6.59. The molecule has 15 heavy (non-hydrogen) atoms. The van der Waals surface area contributed by atoms with Crippen LogP contribution < -0.4 is 11.1 Å². The minimum atomic E-state index is -1.04. The van der Waals surface area contributed by atoms with E-state index in [4.69, 9.17) is 10.8 Å². The lowest BCUT2D eigenvalue weighted by atomic mass is 10.1. The van der Waals surface area contributed by atoms with E-state index >= 15 is 0 Å². The van der Waals surface area contributed by atoms with E-state index in [0.717, 1.165) is 0 Å². The van der Waals surface area contributed by atoms with Gasteiger partial charge < -0.3 is 16.2 Å². The van der Waals surface area contributed by atoms with E-state index in [2.05, 4.69) is 5.32 Å². The number of carbonyl (C=O) groups is 2. The van der Waals surface area contributed by atoms with Crippen molar-refractivity contribution in [1.82, 2.24) is 5.32 Å². The molecule has 0 bridgehead atoms. The number of thioether (sulfide) groups is 1. The summed E-state index contributed by atoms with van der Waals surface area (Å²) in [5.41, 5.74) is 5.48. The molecule has 0 aliphatic carbocycles. The van der Waals surface area contributed by atoms with Crippen molar-refractivity contribution in [2.24, 2.45) is 5.73 Å². The first-order chi connectivity index (χ1) is 6.27. The van der Waals surface area contributed by atoms with E-state index in [0.29, 0.717) is 5.88 Å². The highest BCUT2D eigenvalue weighted by molar-refractivity contribution is 8.00. The number of carbonyl (C=O) groups excluding carboxylic acids is 1. The van der Waals surface area contributed by atoms with Crippen LogP contribution in [-0.4, -0.2) is 33.6 Å². The molecule has 0 aromatic carbocycles. The first-order valence-electron chi connectivity index (χ1n) is 4.14. The second-order valence-corrected chi connectivity index (χ2v) is 5.07. The fourth-order valence-corrected chi connectivity index (χ4v) is 1.64. The standard InChI is InChI=1S/C8H16N2O3S.ClH/c1-5(11)10-4-14-8(2,3)6(9)7(12)13;/h6H,4,9H2,1-3H3,(H,10,11)(H,12,13);1H. The van der Waals surface area contributed by atoms with Gasteiger partial charge in [-0.05, 0) is 13.8 Å². The number of carboxylic acid groups (broad SMARTS) is 1. The van der Waals surface area contributed by atoms with Crippen LogP contribution >= 0.6 is 24.2 Å². The Labute approximate surface area is 99.6 Å². The summed E-state index contributed by atoms with van der Waals surface area (Å²) in [6.45, 7) is 4.88. The van der Waals surface area contributed by atoms with Crippen LogP contribution in [0.1, 0.15) is 20.8 Å². The second-order valence-electron chi connectivity index (χ2n) is 3.44. The number of carboxylic acids is 1. The molecule has 0 fully saturated rings. The fraction of sp³-hybridized carbons (Fsp3) is 0.750. The maximum absolute atomic E-state index is 10.6. The molecule has 7 heteroatoms. The Kier molecular flexibility index (Phi) is 7.82. The normalized spacial score (nSPS) is 12.5. The molecule has 0 saturated carbocycles. The molecule has 0 aliphatic rings. The maximum Gasteiger partial charge on any atom is 0.321 e. The lowest BCUT2D eigenvalue weighted by Gasteiger charge is -2.27. The third-order valence-corrected chi connectivity index (χ3v) is 3.07. The SMILES string of the molecule is CC(=O)NCSC(C)(C)C(N)C(=O)O.Cl. The van der Waals surface area contributed by atoms with E-state index in [1.165, 1.54) is 18.7 Å². The number of rotatable bonds is 5. The smallest absolute Gasteiger partial charge is 0.321 e. The van der Waals surface area contributed by atoms with Crippen molar-refractivity contribution in [3.63, 3.8) is 0 Å². The van der Waals surface area contributed by atoms with Crippen molar-refractivity contribution in [2.75, 3.05) is 5.88 Å². The predicted octanol–water partition coefficient (Wildman–Crippen LogP) is 0.426. The van der Waals surface area contributed by atoms with Gasteiger partial charge in [0.2, 0.25) is 5.91 Å². The van der Waals surface area contributed by atoms with Gasteiger partial charge in [0.1, 0.15) is 6.04 Å². The number of hydrogen-bond acceptors (Lipinski definition) is 4. The molecule has 5 nitrogen and oxygen atoms in total. The van der Waals surface area contributed by atoms with Crippen molar-refractivity contribution in [2.45, 2.75) is 31.6 Å². The maximum atomic E-state index is 10.6. The van der Waals surface area contributed by atoms with Crippen LogP contribution in [0.2, 0.25) is 0 Å². The van der Waals surface area contributed by atoms with Crippen LogP contribution in [0.3, 0.4) is 0 Å². The van der Waals surface area contributed by atoms with Crippen molar-refractivity contribution >= 4 is 36.0 Å². The number of hydrogen-bond donors (Lipinski definition) is 3. The summed E-state index contributed by atoms with van der Waals surface area (Å²) in [5.74, 6) is -0.814. The molecule has 0 aromatic heterocycles. The Bertz CT molecular complexity index is 236. The molecule has 1 unspecified atom stereocenters. The largest absolute Gasteiger partial charge is 0.480 e. The molecule has 0 spiro atoms. The molecule has 90 valence electrons. The van der Waals surface area contributed by atoms with Crippen LogP contribution in [0.25, 0.3) is 0 Å². The Morgan fingerprint density at radius 1 is 1.53 bits per heavy atom. The van der Waals surface area contributed by atoms with Gasteiger partial charge in [0.15, 0.2) is 0 Å². The summed E-state index contributed by atoms with van der Waals surface area (Å²) >= 11 is 1.31. The van der Waals surface area contributed by atoms with E-state index in [-0.39, 0.29) is 18.3 Å². The van der Waals surface area contributed by atoms with E-state index in [1.54, 1.807) is 13.8 Å². The molecule has 1 atom stereocenters. The minimum absolute atomic E-state index is 0. The van der Waals surface area contributed by atoms with Crippen molar-refractivity contribution < 1.29 is 14.7 Å². The lowest BCUT2D eigenvalue weighted by Crippen LogP contribution is -2.47. The Morgan fingerprint density at radius 3 is 2.33 bits per heavy atom. The average Bonchev–Trinajstić information content (AvgIpc) is 2.01. The van der Waals surface area contributed by atoms with Crippen LogP contribution in [0.5, 0.6) is 0 Å². The molecule has 0 saturated heterocycles. The molecule has 0 aromatic rings. The van der Waals surface area contributed by atoms with Gasteiger partial charge in [0, 0.05) is 11.7 Å². The van der Waals surface area contributed by atoms with Crippen LogP contribution in [-0.2, 0) is 9.59 Å². The van der Waals surface area contributed by atoms with Gasteiger partial charge in [0.25, 0.3) is 0 Å². The zero-order chi connectivity index (χ0) is 11.4. The topological polar surface area (TPSA) is 92.4 Å². The van der Waals surface area contributed by atoms with Crippen molar-refractivity contribution in [3.05, 3.63) is 0 Å². The summed E-state index contributed by atoms with van der Waals surface area (Å²) in [4.78, 5) is 21.2. The number of nitrogens with two attached hydrogens (primary N) is 1. The van der Waals surface area contributed by atoms with E-state index < -0.39 is 16.8 Å². The fourth-order valence-electron chi connectivity index (χ4n) is 0.711. The Morgan fingerprint density at radius 2 is 2.00 bits per heavy atom. The monoisotopic (exact) mass is 256 g/mol. The first kappa shape index (κ1) is 17.0. The Hall–Kier alpha value is -0.460. The summed E-state index contributed by atoms with van der Waals surface area (Å²) in [6, 6.07) is -0.943. The zero-order valence-electron chi connectivity index (χ0n) is 8.94. The van der Waals surface area contributed by atoms with Gasteiger partial charge >= 0.3 is 5.97 Å². The lowest BCUT2D eigenvalue weighted by molar-refractivity contribution is -0.139. The molecule has 4 N–H and O–H groups in total.